The van der Waals surface area contributed by atoms with Crippen LogP contribution in [0.25, 0.3) is 5.69 Å². The summed E-state index contributed by atoms with van der Waals surface area (Å²) in [6, 6.07) is 5.21. The Bertz CT molecular complexity index is 1250. The van der Waals surface area contributed by atoms with E-state index in [1.807, 2.05) is 6.92 Å². The van der Waals surface area contributed by atoms with Crippen molar-refractivity contribution in [1.82, 2.24) is 24.7 Å². The van der Waals surface area contributed by atoms with Crippen LogP contribution in [-0.2, 0) is 19.5 Å². The molecule has 0 amide bonds. The van der Waals surface area contributed by atoms with Crippen molar-refractivity contribution in [3.63, 3.8) is 0 Å². The number of nitrogens with one attached hydrogen (secondary N) is 1. The van der Waals surface area contributed by atoms with E-state index in [1.54, 1.807) is 44.4 Å². The predicted molar refractivity (Wildman–Crippen MR) is 126 cm³/mol. The van der Waals surface area contributed by atoms with Crippen LogP contribution in [-0.4, -0.2) is 66.0 Å². The second-order valence-electron chi connectivity index (χ2n) is 8.13. The van der Waals surface area contributed by atoms with Gasteiger partial charge in [-0.2, -0.15) is 0 Å². The van der Waals surface area contributed by atoms with Crippen molar-refractivity contribution < 1.29 is 27.4 Å². The summed E-state index contributed by atoms with van der Waals surface area (Å²) in [5, 5.41) is 7.49. The van der Waals surface area contributed by atoms with Crippen molar-refractivity contribution in [3.05, 3.63) is 47.8 Å². The monoisotopic (exact) mass is 504 g/mol. The summed E-state index contributed by atoms with van der Waals surface area (Å²) in [7, 11) is -0.944. The summed E-state index contributed by atoms with van der Waals surface area (Å²) in [4.78, 5) is 8.57. The predicted octanol–water partition coefficient (Wildman–Crippen LogP) is 2.36. The third kappa shape index (κ3) is 4.92. The van der Waals surface area contributed by atoms with Crippen LogP contribution in [0.4, 0.5) is 5.95 Å². The summed E-state index contributed by atoms with van der Waals surface area (Å²) >= 11 is 0. The molecule has 1 N–H and O–H groups in total. The topological polar surface area (TPSA) is 140 Å². The van der Waals surface area contributed by atoms with E-state index >= 15 is 0 Å². The molecule has 1 aromatic carbocycles. The van der Waals surface area contributed by atoms with Gasteiger partial charge in [-0.05, 0) is 31.5 Å². The molecule has 4 rings (SSSR count). The molecule has 12 nitrogen and oxygen atoms in total. The molecule has 3 aromatic rings. The summed E-state index contributed by atoms with van der Waals surface area (Å²) in [5.41, 5.74) is 1.31. The van der Waals surface area contributed by atoms with Crippen LogP contribution in [0.3, 0.4) is 0 Å². The standard InChI is InChI=1S/C22H28N6O6S/c1-13-9-23-20(24-10-13)14(2)15(3)35(29,30)27-22-26-25-21(18-11-33-12-34-18)28(22)19-16(31-4)7-6-8-17(19)32-5/h6-10,14-15,18H,11-12H2,1-5H3,(H,26,27)/t14-,15-,18?/m0/s1. The van der Waals surface area contributed by atoms with Gasteiger partial charge in [0.15, 0.2) is 5.82 Å². The summed E-state index contributed by atoms with van der Waals surface area (Å²) < 4.78 is 53.0. The van der Waals surface area contributed by atoms with Crippen LogP contribution in [0, 0.1) is 6.92 Å². The maximum Gasteiger partial charge on any atom is 0.243 e. The highest BCUT2D eigenvalue weighted by molar-refractivity contribution is 7.93. The molecule has 1 aliphatic rings. The molecule has 1 aliphatic heterocycles. The largest absolute Gasteiger partial charge is 0.494 e. The molecular weight excluding hydrogens is 476 g/mol. The number of aryl methyl sites for hydroxylation is 1. The van der Waals surface area contributed by atoms with Gasteiger partial charge in [0.05, 0.1) is 26.1 Å². The molecule has 13 heteroatoms. The summed E-state index contributed by atoms with van der Waals surface area (Å²) in [5.74, 6) is 1.10. The zero-order valence-corrected chi connectivity index (χ0v) is 20.9. The molecule has 1 saturated heterocycles. The molecule has 35 heavy (non-hydrogen) atoms. The highest BCUT2D eigenvalue weighted by atomic mass is 32.2. The van der Waals surface area contributed by atoms with Crippen LogP contribution in [0.15, 0.2) is 30.6 Å². The number of sulfonamides is 1. The Kier molecular flexibility index (Phi) is 7.19. The minimum absolute atomic E-state index is 0.0397. The van der Waals surface area contributed by atoms with Crippen molar-refractivity contribution in [3.8, 4) is 17.2 Å². The van der Waals surface area contributed by atoms with Crippen molar-refractivity contribution >= 4 is 16.0 Å². The Balaban J connectivity index is 1.76. The van der Waals surface area contributed by atoms with E-state index in [4.69, 9.17) is 18.9 Å². The Morgan fingerprint density at radius 1 is 1.11 bits per heavy atom. The fraction of sp³-hybridized carbons (Fsp3) is 0.455. The van der Waals surface area contributed by atoms with Crippen LogP contribution < -0.4 is 14.2 Å². The number of benzene rings is 1. The maximum atomic E-state index is 13.4. The van der Waals surface area contributed by atoms with E-state index in [1.165, 1.54) is 18.8 Å². The van der Waals surface area contributed by atoms with Crippen molar-refractivity contribution in [2.75, 3.05) is 32.3 Å². The highest BCUT2D eigenvalue weighted by Gasteiger charge is 2.34. The van der Waals surface area contributed by atoms with E-state index in [0.29, 0.717) is 28.8 Å². The van der Waals surface area contributed by atoms with E-state index in [2.05, 4.69) is 24.9 Å². The van der Waals surface area contributed by atoms with Gasteiger partial charge in [-0.1, -0.05) is 13.0 Å². The molecule has 0 bridgehead atoms. The summed E-state index contributed by atoms with van der Waals surface area (Å²) in [6.07, 6.45) is 2.76. The molecule has 2 aromatic heterocycles. The van der Waals surface area contributed by atoms with Gasteiger partial charge in [-0.25, -0.2) is 18.4 Å². The molecule has 0 saturated carbocycles. The lowest BCUT2D eigenvalue weighted by molar-refractivity contribution is 0.0438. The number of aromatic nitrogens is 5. The lowest BCUT2D eigenvalue weighted by Crippen LogP contribution is -2.31. The van der Waals surface area contributed by atoms with Gasteiger partial charge < -0.3 is 18.9 Å². The Labute approximate surface area is 203 Å². The van der Waals surface area contributed by atoms with Gasteiger partial charge in [0.2, 0.25) is 16.0 Å². The fourth-order valence-corrected chi connectivity index (χ4v) is 4.89. The van der Waals surface area contributed by atoms with Gasteiger partial charge in [0, 0.05) is 18.3 Å². The van der Waals surface area contributed by atoms with Crippen molar-refractivity contribution in [2.45, 2.75) is 38.0 Å². The third-order valence-corrected chi connectivity index (χ3v) is 7.71. The highest BCUT2D eigenvalue weighted by Crippen LogP contribution is 2.38. The first-order chi connectivity index (χ1) is 16.8. The SMILES string of the molecule is COc1cccc(OC)c1-n1c(NS(=O)(=O)[C@@H](C)[C@H](C)c2ncc(C)cn2)nnc1C1COCO1. The quantitative estimate of drug-likeness (QED) is 0.462. The molecule has 0 spiro atoms. The zero-order chi connectivity index (χ0) is 25.2. The Hall–Kier alpha value is -3.29. The molecule has 3 heterocycles. The van der Waals surface area contributed by atoms with Gasteiger partial charge in [0.1, 0.15) is 35.9 Å². The molecule has 188 valence electrons. The van der Waals surface area contributed by atoms with Crippen LogP contribution in [0.2, 0.25) is 0 Å². The normalized spacial score (nSPS) is 17.7. The lowest BCUT2D eigenvalue weighted by Gasteiger charge is -2.22. The molecule has 0 aliphatic carbocycles. The van der Waals surface area contributed by atoms with Crippen molar-refractivity contribution in [1.29, 1.82) is 0 Å². The Morgan fingerprint density at radius 2 is 1.77 bits per heavy atom. The van der Waals surface area contributed by atoms with Crippen LogP contribution in [0.5, 0.6) is 11.5 Å². The minimum Gasteiger partial charge on any atom is -0.494 e. The maximum absolute atomic E-state index is 13.4. The lowest BCUT2D eigenvalue weighted by atomic mass is 10.1. The first-order valence-corrected chi connectivity index (χ1v) is 12.5. The van der Waals surface area contributed by atoms with Gasteiger partial charge >= 0.3 is 0 Å². The molecule has 0 radical (unpaired) electrons. The second-order valence-corrected chi connectivity index (χ2v) is 10.2. The molecule has 1 unspecified atom stereocenters. The number of methoxy groups -OCH3 is 2. The second kappa shape index (κ2) is 10.1. The number of hydrogen-bond acceptors (Lipinski definition) is 10. The third-order valence-electron chi connectivity index (χ3n) is 5.86. The smallest absolute Gasteiger partial charge is 0.243 e. The number of para-hydroxylation sites is 1. The molecular formula is C22H28N6O6S. The number of rotatable bonds is 9. The average Bonchev–Trinajstić information content (AvgIpc) is 3.52. The van der Waals surface area contributed by atoms with Crippen molar-refractivity contribution in [2.24, 2.45) is 0 Å². The molecule has 1 fully saturated rings. The van der Waals surface area contributed by atoms with E-state index < -0.39 is 27.3 Å². The van der Waals surface area contributed by atoms with E-state index in [0.717, 1.165) is 5.56 Å². The van der Waals surface area contributed by atoms with Gasteiger partial charge in [-0.15, -0.1) is 10.2 Å². The van der Waals surface area contributed by atoms with Crippen LogP contribution >= 0.6 is 0 Å². The number of anilines is 1. The fourth-order valence-electron chi connectivity index (χ4n) is 3.66. The summed E-state index contributed by atoms with van der Waals surface area (Å²) in [6.45, 7) is 5.55. The van der Waals surface area contributed by atoms with E-state index in [-0.39, 0.29) is 19.3 Å². The van der Waals surface area contributed by atoms with Crippen LogP contribution in [0.1, 0.15) is 43.1 Å². The first kappa shape index (κ1) is 24.8. The number of nitrogens with zero attached hydrogens (tertiary/aromatic N) is 5. The molecule has 3 atom stereocenters. The average molecular weight is 505 g/mol. The minimum atomic E-state index is -3.96. The number of hydrogen-bond donors (Lipinski definition) is 1. The Morgan fingerprint density at radius 3 is 2.34 bits per heavy atom. The van der Waals surface area contributed by atoms with E-state index in [9.17, 15) is 8.42 Å². The number of ether oxygens (including phenoxy) is 4. The zero-order valence-electron chi connectivity index (χ0n) is 20.1. The van der Waals surface area contributed by atoms with Gasteiger partial charge in [-0.3, -0.25) is 9.29 Å². The first-order valence-electron chi connectivity index (χ1n) is 10.9. The van der Waals surface area contributed by atoms with Gasteiger partial charge in [0.25, 0.3) is 0 Å².